The summed E-state index contributed by atoms with van der Waals surface area (Å²) < 4.78 is 0. The summed E-state index contributed by atoms with van der Waals surface area (Å²) in [5.41, 5.74) is 1.32. The standard InChI is InChI=1S/C18H28N2O2/c1-13(19-14(2)16-6-4-3-5-7-16)12-15-8-10-17(11-9-15)20-18(21)22/h3-7,13-15,17,19-20H,8-12H2,1-2H3,(H,21,22). The Morgan fingerprint density at radius 1 is 1.18 bits per heavy atom. The highest BCUT2D eigenvalue weighted by molar-refractivity contribution is 5.64. The minimum atomic E-state index is -0.893. The number of amides is 1. The summed E-state index contributed by atoms with van der Waals surface area (Å²) in [6, 6.07) is 11.5. The quantitative estimate of drug-likeness (QED) is 0.746. The molecular weight excluding hydrogens is 276 g/mol. The Morgan fingerprint density at radius 2 is 1.82 bits per heavy atom. The van der Waals surface area contributed by atoms with E-state index in [-0.39, 0.29) is 6.04 Å². The summed E-state index contributed by atoms with van der Waals surface area (Å²) in [7, 11) is 0. The fourth-order valence-corrected chi connectivity index (χ4v) is 3.55. The van der Waals surface area contributed by atoms with Crippen molar-refractivity contribution >= 4 is 6.09 Å². The van der Waals surface area contributed by atoms with E-state index in [0.29, 0.717) is 18.0 Å². The Hall–Kier alpha value is -1.55. The molecule has 2 atom stereocenters. The van der Waals surface area contributed by atoms with Crippen molar-refractivity contribution < 1.29 is 9.90 Å². The molecule has 4 heteroatoms. The molecule has 1 saturated carbocycles. The van der Waals surface area contributed by atoms with Gasteiger partial charge >= 0.3 is 6.09 Å². The van der Waals surface area contributed by atoms with Crippen LogP contribution in [0.1, 0.15) is 57.6 Å². The van der Waals surface area contributed by atoms with Crippen LogP contribution in [0.25, 0.3) is 0 Å². The van der Waals surface area contributed by atoms with E-state index in [9.17, 15) is 4.79 Å². The minimum Gasteiger partial charge on any atom is -0.465 e. The molecule has 2 unspecified atom stereocenters. The van der Waals surface area contributed by atoms with E-state index in [1.54, 1.807) is 0 Å². The molecule has 1 fully saturated rings. The molecular formula is C18H28N2O2. The van der Waals surface area contributed by atoms with E-state index in [1.165, 1.54) is 5.56 Å². The van der Waals surface area contributed by atoms with Crippen LogP contribution in [0.15, 0.2) is 30.3 Å². The van der Waals surface area contributed by atoms with Crippen LogP contribution in [0.3, 0.4) is 0 Å². The first-order chi connectivity index (χ1) is 10.5. The minimum absolute atomic E-state index is 0.153. The summed E-state index contributed by atoms with van der Waals surface area (Å²) >= 11 is 0. The molecule has 1 aromatic rings. The zero-order valence-corrected chi connectivity index (χ0v) is 13.6. The maximum Gasteiger partial charge on any atom is 0.404 e. The molecule has 1 amide bonds. The predicted octanol–water partition coefficient (Wildman–Crippen LogP) is 3.94. The summed E-state index contributed by atoms with van der Waals surface area (Å²) in [5.74, 6) is 0.706. The average Bonchev–Trinajstić information content (AvgIpc) is 2.49. The monoisotopic (exact) mass is 304 g/mol. The van der Waals surface area contributed by atoms with Crippen LogP contribution in [0.5, 0.6) is 0 Å². The third kappa shape index (κ3) is 5.34. The van der Waals surface area contributed by atoms with Gasteiger partial charge in [0.1, 0.15) is 0 Å². The second-order valence-electron chi connectivity index (χ2n) is 6.60. The van der Waals surface area contributed by atoms with Crippen LogP contribution in [0, 0.1) is 5.92 Å². The van der Waals surface area contributed by atoms with Crippen LogP contribution in [-0.2, 0) is 0 Å². The second kappa shape index (κ2) is 8.18. The Kier molecular flexibility index (Phi) is 6.25. The van der Waals surface area contributed by atoms with E-state index in [1.807, 2.05) is 6.07 Å². The SMILES string of the molecule is CC(CC1CCC(NC(=O)O)CC1)NC(C)c1ccccc1. The third-order valence-corrected chi connectivity index (χ3v) is 4.70. The van der Waals surface area contributed by atoms with Crippen LogP contribution >= 0.6 is 0 Å². The van der Waals surface area contributed by atoms with Crippen molar-refractivity contribution in [1.29, 1.82) is 0 Å². The molecule has 0 aliphatic heterocycles. The number of nitrogens with one attached hydrogen (secondary N) is 2. The van der Waals surface area contributed by atoms with Gasteiger partial charge in [0.15, 0.2) is 0 Å². The molecule has 22 heavy (non-hydrogen) atoms. The number of carbonyl (C=O) groups is 1. The molecule has 0 bridgehead atoms. The van der Waals surface area contributed by atoms with E-state index < -0.39 is 6.09 Å². The first kappa shape index (κ1) is 16.8. The van der Waals surface area contributed by atoms with Gasteiger partial charge in [-0.2, -0.15) is 0 Å². The number of benzene rings is 1. The van der Waals surface area contributed by atoms with Crippen molar-refractivity contribution in [2.75, 3.05) is 0 Å². The molecule has 1 aliphatic rings. The number of hydrogen-bond donors (Lipinski definition) is 3. The predicted molar refractivity (Wildman–Crippen MR) is 89.0 cm³/mol. The molecule has 0 aromatic heterocycles. The van der Waals surface area contributed by atoms with Gasteiger partial charge in [-0.25, -0.2) is 4.79 Å². The topological polar surface area (TPSA) is 61.4 Å². The Balaban J connectivity index is 1.72. The first-order valence-corrected chi connectivity index (χ1v) is 8.35. The highest BCUT2D eigenvalue weighted by Crippen LogP contribution is 2.28. The maximum absolute atomic E-state index is 10.7. The fourth-order valence-electron chi connectivity index (χ4n) is 3.55. The molecule has 0 radical (unpaired) electrons. The third-order valence-electron chi connectivity index (χ3n) is 4.70. The van der Waals surface area contributed by atoms with Crippen LogP contribution in [0.4, 0.5) is 4.79 Å². The molecule has 0 heterocycles. The normalized spacial score (nSPS) is 24.5. The van der Waals surface area contributed by atoms with Crippen LogP contribution in [-0.4, -0.2) is 23.3 Å². The lowest BCUT2D eigenvalue weighted by Crippen LogP contribution is -2.38. The lowest BCUT2D eigenvalue weighted by Gasteiger charge is -2.31. The van der Waals surface area contributed by atoms with Crippen molar-refractivity contribution in [2.24, 2.45) is 5.92 Å². The van der Waals surface area contributed by atoms with Crippen LogP contribution in [0.2, 0.25) is 0 Å². The van der Waals surface area contributed by atoms with Gasteiger partial charge in [-0.3, -0.25) is 0 Å². The zero-order chi connectivity index (χ0) is 15.9. The van der Waals surface area contributed by atoms with Gasteiger partial charge < -0.3 is 15.7 Å². The highest BCUT2D eigenvalue weighted by Gasteiger charge is 2.23. The molecule has 122 valence electrons. The summed E-state index contributed by atoms with van der Waals surface area (Å²) in [4.78, 5) is 10.7. The van der Waals surface area contributed by atoms with Gasteiger partial charge in [-0.1, -0.05) is 30.3 Å². The zero-order valence-electron chi connectivity index (χ0n) is 13.6. The van der Waals surface area contributed by atoms with Crippen molar-refractivity contribution in [3.8, 4) is 0 Å². The van der Waals surface area contributed by atoms with Gasteiger partial charge in [0.2, 0.25) is 0 Å². The molecule has 1 aliphatic carbocycles. The summed E-state index contributed by atoms with van der Waals surface area (Å²) in [6.07, 6.45) is 4.45. The lowest BCUT2D eigenvalue weighted by molar-refractivity contribution is 0.180. The molecule has 3 N–H and O–H groups in total. The van der Waals surface area contributed by atoms with Gasteiger partial charge in [0, 0.05) is 18.1 Å². The largest absolute Gasteiger partial charge is 0.465 e. The van der Waals surface area contributed by atoms with Gasteiger partial charge in [-0.05, 0) is 57.4 Å². The van der Waals surface area contributed by atoms with E-state index in [4.69, 9.17) is 5.11 Å². The number of carboxylic acid groups (broad SMARTS) is 1. The summed E-state index contributed by atoms with van der Waals surface area (Å²) in [5, 5.41) is 15.1. The molecule has 0 spiro atoms. The van der Waals surface area contributed by atoms with Crippen molar-refractivity contribution in [3.05, 3.63) is 35.9 Å². The lowest BCUT2D eigenvalue weighted by atomic mass is 9.82. The smallest absolute Gasteiger partial charge is 0.404 e. The average molecular weight is 304 g/mol. The molecule has 2 rings (SSSR count). The van der Waals surface area contributed by atoms with E-state index in [2.05, 4.69) is 48.7 Å². The Bertz CT molecular complexity index is 455. The maximum atomic E-state index is 10.7. The second-order valence-corrected chi connectivity index (χ2v) is 6.60. The van der Waals surface area contributed by atoms with Crippen LogP contribution < -0.4 is 10.6 Å². The number of rotatable bonds is 6. The van der Waals surface area contributed by atoms with Crippen molar-refractivity contribution in [3.63, 3.8) is 0 Å². The first-order valence-electron chi connectivity index (χ1n) is 8.35. The summed E-state index contributed by atoms with van der Waals surface area (Å²) in [6.45, 7) is 4.46. The highest BCUT2D eigenvalue weighted by atomic mass is 16.4. The Morgan fingerprint density at radius 3 is 2.41 bits per heavy atom. The van der Waals surface area contributed by atoms with Gasteiger partial charge in [0.25, 0.3) is 0 Å². The molecule has 4 nitrogen and oxygen atoms in total. The van der Waals surface area contributed by atoms with E-state index in [0.717, 1.165) is 32.1 Å². The van der Waals surface area contributed by atoms with Gasteiger partial charge in [-0.15, -0.1) is 0 Å². The number of hydrogen-bond acceptors (Lipinski definition) is 2. The fraction of sp³-hybridized carbons (Fsp3) is 0.611. The van der Waals surface area contributed by atoms with Crippen molar-refractivity contribution in [2.45, 2.75) is 64.1 Å². The van der Waals surface area contributed by atoms with Crippen molar-refractivity contribution in [1.82, 2.24) is 10.6 Å². The Labute approximate surface area is 133 Å². The van der Waals surface area contributed by atoms with E-state index >= 15 is 0 Å². The van der Waals surface area contributed by atoms with Gasteiger partial charge in [0.05, 0.1) is 0 Å². The molecule has 0 saturated heterocycles. The molecule has 1 aromatic carbocycles.